The molecule has 0 saturated carbocycles. The third-order valence-electron chi connectivity index (χ3n) is 2.93. The second-order valence-corrected chi connectivity index (χ2v) is 6.73. The maximum absolute atomic E-state index is 11.8. The summed E-state index contributed by atoms with van der Waals surface area (Å²) in [5.74, 6) is 1.10. The smallest absolute Gasteiger partial charge is 0.263 e. The summed E-state index contributed by atoms with van der Waals surface area (Å²) in [5.41, 5.74) is 6.48. The fourth-order valence-corrected chi connectivity index (χ4v) is 2.92. The van der Waals surface area contributed by atoms with Crippen LogP contribution >= 0.6 is 11.3 Å². The van der Waals surface area contributed by atoms with Crippen LogP contribution in [0.2, 0.25) is 0 Å². The molecule has 0 atom stereocenters. The lowest BCUT2D eigenvalue weighted by molar-refractivity contribution is 0.0967. The van der Waals surface area contributed by atoms with Gasteiger partial charge in [0.25, 0.3) is 5.91 Å². The van der Waals surface area contributed by atoms with Crippen LogP contribution in [0, 0.1) is 5.92 Å². The van der Waals surface area contributed by atoms with Gasteiger partial charge in [-0.05, 0) is 32.6 Å². The normalized spacial score (nSPS) is 11.0. The van der Waals surface area contributed by atoms with Crippen LogP contribution in [0.15, 0.2) is 0 Å². The fourth-order valence-electron chi connectivity index (χ4n) is 1.89. The van der Waals surface area contributed by atoms with E-state index in [2.05, 4.69) is 24.5 Å². The average Bonchev–Trinajstić information content (AvgIpc) is 2.71. The number of nitrogens with one attached hydrogen (secondary N) is 2. The van der Waals surface area contributed by atoms with Crippen LogP contribution in [0.4, 0.5) is 10.7 Å². The van der Waals surface area contributed by atoms with Gasteiger partial charge in [-0.2, -0.15) is 0 Å². The molecule has 1 amide bonds. The molecule has 1 rings (SSSR count). The molecular formula is C15H27N3O2S. The zero-order valence-corrected chi connectivity index (χ0v) is 14.4. The number of carbonyl (C=O) groups is 1. The molecule has 0 saturated heterocycles. The van der Waals surface area contributed by atoms with Gasteiger partial charge in [-0.1, -0.05) is 13.8 Å². The summed E-state index contributed by atoms with van der Waals surface area (Å²) < 4.78 is 5.77. The third kappa shape index (κ3) is 5.12. The van der Waals surface area contributed by atoms with E-state index in [0.29, 0.717) is 22.2 Å². The Bertz CT molecular complexity index is 470. The van der Waals surface area contributed by atoms with E-state index in [9.17, 15) is 4.79 Å². The zero-order chi connectivity index (χ0) is 16.0. The second kappa shape index (κ2) is 8.12. The van der Waals surface area contributed by atoms with Gasteiger partial charge in [0.05, 0.1) is 6.10 Å². The molecule has 0 fully saturated rings. The van der Waals surface area contributed by atoms with Crippen LogP contribution in [0.25, 0.3) is 0 Å². The number of hydrogen-bond donors (Lipinski definition) is 3. The van der Waals surface area contributed by atoms with Gasteiger partial charge in [0.15, 0.2) is 5.75 Å². The Morgan fingerprint density at radius 1 is 1.33 bits per heavy atom. The van der Waals surface area contributed by atoms with E-state index in [4.69, 9.17) is 10.5 Å². The van der Waals surface area contributed by atoms with Crippen LogP contribution in [0.1, 0.15) is 50.2 Å². The highest BCUT2D eigenvalue weighted by molar-refractivity contribution is 7.19. The largest absolute Gasteiger partial charge is 0.486 e. The first kappa shape index (κ1) is 17.6. The number of nitrogen functional groups attached to an aromatic ring is 1. The lowest BCUT2D eigenvalue weighted by Gasteiger charge is -2.13. The number of nitrogens with two attached hydrogens (primary N) is 1. The van der Waals surface area contributed by atoms with Crippen LogP contribution in [0.5, 0.6) is 5.75 Å². The van der Waals surface area contributed by atoms with Crippen molar-refractivity contribution >= 4 is 27.9 Å². The SMILES string of the molecule is CNC(=O)c1sc(NCCCC(C)C)c(OC(C)C)c1N. The summed E-state index contributed by atoms with van der Waals surface area (Å²) in [6, 6.07) is 0. The van der Waals surface area contributed by atoms with E-state index in [1.54, 1.807) is 7.05 Å². The quantitative estimate of drug-likeness (QED) is 0.643. The molecule has 0 aliphatic carbocycles. The van der Waals surface area contributed by atoms with E-state index in [1.807, 2.05) is 13.8 Å². The summed E-state index contributed by atoms with van der Waals surface area (Å²) in [5, 5.41) is 6.79. The van der Waals surface area contributed by atoms with Gasteiger partial charge in [0.1, 0.15) is 15.6 Å². The standard InChI is InChI=1S/C15H27N3O2S/c1-9(2)7-6-8-18-15-12(20-10(3)4)11(16)13(21-15)14(19)17-5/h9-10,18H,6-8,16H2,1-5H3,(H,17,19). The number of carbonyl (C=O) groups excluding carboxylic acids is 1. The van der Waals surface area contributed by atoms with Crippen molar-refractivity contribution in [3.8, 4) is 5.75 Å². The summed E-state index contributed by atoms with van der Waals surface area (Å²) in [7, 11) is 1.60. The van der Waals surface area contributed by atoms with Gasteiger partial charge in [-0.25, -0.2) is 0 Å². The van der Waals surface area contributed by atoms with E-state index in [1.165, 1.54) is 11.3 Å². The van der Waals surface area contributed by atoms with Gasteiger partial charge in [0.2, 0.25) is 0 Å². The van der Waals surface area contributed by atoms with Crippen LogP contribution in [-0.2, 0) is 0 Å². The van der Waals surface area contributed by atoms with Gasteiger partial charge in [0, 0.05) is 13.6 Å². The van der Waals surface area contributed by atoms with Crippen LogP contribution < -0.4 is 21.1 Å². The van der Waals surface area contributed by atoms with Crippen LogP contribution in [-0.4, -0.2) is 25.6 Å². The molecule has 1 aromatic rings. The highest BCUT2D eigenvalue weighted by Crippen LogP contribution is 2.43. The maximum Gasteiger partial charge on any atom is 0.263 e. The maximum atomic E-state index is 11.8. The molecule has 0 unspecified atom stereocenters. The Labute approximate surface area is 131 Å². The molecular weight excluding hydrogens is 286 g/mol. The Balaban J connectivity index is 2.86. The van der Waals surface area contributed by atoms with Crippen molar-refractivity contribution in [2.24, 2.45) is 5.92 Å². The first-order chi connectivity index (χ1) is 9.86. The summed E-state index contributed by atoms with van der Waals surface area (Å²) in [6.45, 7) is 9.15. The number of ether oxygens (including phenoxy) is 1. The Hall–Kier alpha value is -1.43. The number of hydrogen-bond acceptors (Lipinski definition) is 5. The minimum absolute atomic E-state index is 0.00986. The molecule has 0 spiro atoms. The van der Waals surface area contributed by atoms with Gasteiger partial charge in [-0.15, -0.1) is 11.3 Å². The Kier molecular flexibility index (Phi) is 6.81. The van der Waals surface area contributed by atoms with Crippen molar-refractivity contribution in [1.29, 1.82) is 0 Å². The number of amides is 1. The van der Waals surface area contributed by atoms with E-state index >= 15 is 0 Å². The van der Waals surface area contributed by atoms with Crippen LogP contribution in [0.3, 0.4) is 0 Å². The van der Waals surface area contributed by atoms with E-state index in [-0.39, 0.29) is 12.0 Å². The molecule has 0 radical (unpaired) electrons. The summed E-state index contributed by atoms with van der Waals surface area (Å²) in [6.07, 6.45) is 2.25. The molecule has 4 N–H and O–H groups in total. The van der Waals surface area contributed by atoms with Crippen molar-refractivity contribution in [3.63, 3.8) is 0 Å². The highest BCUT2D eigenvalue weighted by atomic mass is 32.1. The van der Waals surface area contributed by atoms with Gasteiger partial charge in [-0.3, -0.25) is 4.79 Å². The average molecular weight is 313 g/mol. The molecule has 5 nitrogen and oxygen atoms in total. The molecule has 120 valence electrons. The van der Waals surface area contributed by atoms with Crippen molar-refractivity contribution in [3.05, 3.63) is 4.88 Å². The van der Waals surface area contributed by atoms with Gasteiger partial charge >= 0.3 is 0 Å². The van der Waals surface area contributed by atoms with E-state index < -0.39 is 0 Å². The summed E-state index contributed by atoms with van der Waals surface area (Å²) in [4.78, 5) is 12.3. The molecule has 6 heteroatoms. The van der Waals surface area contributed by atoms with Crippen molar-refractivity contribution in [2.75, 3.05) is 24.6 Å². The molecule has 0 aliphatic rings. The molecule has 0 bridgehead atoms. The molecule has 0 aromatic carbocycles. The number of anilines is 2. The molecule has 1 aromatic heterocycles. The minimum Gasteiger partial charge on any atom is -0.486 e. The molecule has 21 heavy (non-hydrogen) atoms. The lowest BCUT2D eigenvalue weighted by atomic mass is 10.1. The summed E-state index contributed by atoms with van der Waals surface area (Å²) >= 11 is 1.35. The second-order valence-electron chi connectivity index (χ2n) is 5.71. The monoisotopic (exact) mass is 313 g/mol. The van der Waals surface area contributed by atoms with Gasteiger partial charge < -0.3 is 21.1 Å². The Morgan fingerprint density at radius 2 is 2.00 bits per heavy atom. The number of rotatable bonds is 8. The molecule has 0 aliphatic heterocycles. The first-order valence-electron chi connectivity index (χ1n) is 7.41. The van der Waals surface area contributed by atoms with Crippen molar-refractivity contribution in [2.45, 2.75) is 46.6 Å². The predicted octanol–water partition coefficient (Wildman–Crippen LogP) is 3.33. The Morgan fingerprint density at radius 3 is 2.52 bits per heavy atom. The number of thiophene rings is 1. The van der Waals surface area contributed by atoms with Crippen molar-refractivity contribution < 1.29 is 9.53 Å². The predicted molar refractivity (Wildman–Crippen MR) is 90.4 cm³/mol. The topological polar surface area (TPSA) is 76.4 Å². The first-order valence-corrected chi connectivity index (χ1v) is 8.23. The molecule has 1 heterocycles. The zero-order valence-electron chi connectivity index (χ0n) is 13.6. The van der Waals surface area contributed by atoms with Crippen molar-refractivity contribution in [1.82, 2.24) is 5.32 Å². The minimum atomic E-state index is -0.179. The highest BCUT2D eigenvalue weighted by Gasteiger charge is 2.22. The third-order valence-corrected chi connectivity index (χ3v) is 4.07. The fraction of sp³-hybridized carbons (Fsp3) is 0.667. The van der Waals surface area contributed by atoms with E-state index in [0.717, 1.165) is 24.4 Å². The lowest BCUT2D eigenvalue weighted by Crippen LogP contribution is -2.17.